The van der Waals surface area contributed by atoms with E-state index >= 15 is 0 Å². The van der Waals surface area contributed by atoms with E-state index in [9.17, 15) is 0 Å². The maximum absolute atomic E-state index is 5.58. The fraction of sp³-hybridized carbons (Fsp3) is 0.200. The SMILES string of the molecule is CC(C)(C)c1ccc(-c2nc(-c3ccc(C(C)(C)C)cc3)nc(-c3cc(-n4cccn4)ccc3-c3ccccc3-c3cc(-c4ccccc4-c4ccc(-n5cccn5)cc4-c4nc(-c5ccc(C(C)(C)C)cc5)nc(-c5ccc(C(C)(C)C)cc5)n4)cc(-c4ccccc4-c4ccc(-n5cccn5)cc4-c4nc(-c5ccc(C(C)(C)C)cc5)nc(-c5ccc(C(C)(C)C)cc5)n4)c3)n2)cc1. The lowest BCUT2D eigenvalue weighted by Gasteiger charge is -2.21. The highest BCUT2D eigenvalue weighted by Gasteiger charge is 2.29. The largest absolute Gasteiger partial charge is 0.241 e. The topological polar surface area (TPSA) is 169 Å². The summed E-state index contributed by atoms with van der Waals surface area (Å²) in [6, 6.07) is 110. The molecule has 19 rings (SSSR count). The summed E-state index contributed by atoms with van der Waals surface area (Å²) in [5.41, 5.74) is 28.0. The Morgan fingerprint density at radius 3 is 0.511 bits per heavy atom. The van der Waals surface area contributed by atoms with Crippen LogP contribution in [0.1, 0.15) is 158 Å². The molecule has 0 aliphatic carbocycles. The van der Waals surface area contributed by atoms with Gasteiger partial charge in [-0.1, -0.05) is 361 Å². The molecule has 0 aliphatic rings. The van der Waals surface area contributed by atoms with Gasteiger partial charge in [0.05, 0.1) is 17.1 Å². The predicted molar refractivity (Wildman–Crippen MR) is 552 cm³/mol. The van der Waals surface area contributed by atoms with Crippen molar-refractivity contribution in [2.75, 3.05) is 0 Å². The first kappa shape index (κ1) is 88.8. The van der Waals surface area contributed by atoms with Gasteiger partial charge in [0, 0.05) is 87.3 Å². The minimum atomic E-state index is -0.0847. The van der Waals surface area contributed by atoms with Crippen molar-refractivity contribution in [1.29, 1.82) is 0 Å². The Hall–Kier alpha value is -15.5. The second-order valence-corrected chi connectivity index (χ2v) is 41.4. The van der Waals surface area contributed by atoms with Crippen LogP contribution in [0.2, 0.25) is 0 Å². The van der Waals surface area contributed by atoms with Crippen molar-refractivity contribution in [2.45, 2.75) is 157 Å². The van der Waals surface area contributed by atoms with Crippen molar-refractivity contribution in [1.82, 2.24) is 74.2 Å². The van der Waals surface area contributed by atoms with Gasteiger partial charge in [-0.15, -0.1) is 0 Å². The summed E-state index contributed by atoms with van der Waals surface area (Å²) in [6.07, 6.45) is 11.3. The first-order valence-electron chi connectivity index (χ1n) is 46.5. The van der Waals surface area contributed by atoms with E-state index in [1.165, 1.54) is 33.4 Å². The third kappa shape index (κ3) is 18.7. The standard InChI is InChI=1S/C120H111N15/c1-115(2,3)85-46-34-76(35-47-85)106-124-107(77-36-48-86(49-37-77)116(4,5)6)128-112(127-106)103-73-91(133-67-25-64-121-133)58-61-100(103)97-31-22-19-28-94(97)82-70-83(95-29-20-23-32-98(95)101-62-59-92(134-68-26-65-122-134)74-104(101)113-129-108(78-38-50-87(51-39-78)117(7,8)9)125-109(130-113)79-40-52-88(53-41-79)118(10,11)12)72-84(71-82)96-30-21-24-33-99(96)102-63-60-93(135-69-27-66-123-135)75-105(102)114-131-110(80-42-54-89(55-43-80)119(13,14)15)126-111(132-114)81-44-56-90(57-45-81)120(16,17)18/h19-75H,1-18H3. The van der Waals surface area contributed by atoms with Crippen molar-refractivity contribution in [3.05, 3.63) is 380 Å². The van der Waals surface area contributed by atoms with Crippen LogP contribution in [-0.4, -0.2) is 74.2 Å². The Balaban J connectivity index is 0.858. The molecule has 0 saturated carbocycles. The summed E-state index contributed by atoms with van der Waals surface area (Å²) in [7, 11) is 0. The zero-order valence-electron chi connectivity index (χ0n) is 80.1. The van der Waals surface area contributed by atoms with Gasteiger partial charge in [0.1, 0.15) is 0 Å². The molecule has 6 heterocycles. The fourth-order valence-corrected chi connectivity index (χ4v) is 17.5. The first-order chi connectivity index (χ1) is 64.6. The molecule has 0 radical (unpaired) electrons. The van der Waals surface area contributed by atoms with Crippen LogP contribution in [-0.2, 0) is 32.5 Å². The van der Waals surface area contributed by atoms with Crippen molar-refractivity contribution in [3.8, 4) is 186 Å². The summed E-state index contributed by atoms with van der Waals surface area (Å²) >= 11 is 0. The molecule has 135 heavy (non-hydrogen) atoms. The Morgan fingerprint density at radius 2 is 0.333 bits per heavy atom. The maximum Gasteiger partial charge on any atom is 0.164 e. The number of hydrogen-bond donors (Lipinski definition) is 0. The minimum Gasteiger partial charge on any atom is -0.241 e. The molecular weight excluding hydrogens is 1650 g/mol. The van der Waals surface area contributed by atoms with Gasteiger partial charge >= 0.3 is 0 Å². The van der Waals surface area contributed by atoms with Gasteiger partial charge in [-0.05, 0) is 205 Å². The van der Waals surface area contributed by atoms with E-state index in [1.54, 1.807) is 18.6 Å². The lowest BCUT2D eigenvalue weighted by Crippen LogP contribution is -2.11. The van der Waals surface area contributed by atoms with Gasteiger partial charge in [-0.25, -0.2) is 58.9 Å². The molecule has 0 aliphatic heterocycles. The molecule has 6 aromatic heterocycles. The molecule has 0 amide bonds. The van der Waals surface area contributed by atoms with Gasteiger partial charge in [0.25, 0.3) is 0 Å². The zero-order chi connectivity index (χ0) is 94.0. The molecule has 666 valence electrons. The van der Waals surface area contributed by atoms with E-state index < -0.39 is 0 Å². The molecule has 0 N–H and O–H groups in total. The minimum absolute atomic E-state index is 0.0847. The van der Waals surface area contributed by atoms with Crippen LogP contribution in [0.25, 0.3) is 186 Å². The van der Waals surface area contributed by atoms with E-state index in [-0.39, 0.29) is 32.5 Å². The number of hydrogen-bond acceptors (Lipinski definition) is 12. The summed E-state index contributed by atoms with van der Waals surface area (Å²) in [6.45, 7) is 40.2. The molecule has 0 unspecified atom stereocenters. The molecule has 0 saturated heterocycles. The molecule has 0 fully saturated rings. The zero-order valence-corrected chi connectivity index (χ0v) is 80.1. The molecular formula is C120H111N15. The highest BCUT2D eigenvalue weighted by molar-refractivity contribution is 5.99. The van der Waals surface area contributed by atoms with Crippen LogP contribution in [0.3, 0.4) is 0 Å². The molecule has 15 heteroatoms. The molecule has 0 spiro atoms. The number of rotatable bonds is 18. The van der Waals surface area contributed by atoms with E-state index in [2.05, 4.69) is 416 Å². The van der Waals surface area contributed by atoms with E-state index in [0.717, 1.165) is 134 Å². The van der Waals surface area contributed by atoms with Crippen LogP contribution >= 0.6 is 0 Å². The maximum atomic E-state index is 5.58. The van der Waals surface area contributed by atoms with Crippen molar-refractivity contribution in [3.63, 3.8) is 0 Å². The Labute approximate surface area is 792 Å². The average Bonchev–Trinajstić information content (AvgIpc) is 1.29. The van der Waals surface area contributed by atoms with Gasteiger partial charge in [-0.3, -0.25) is 0 Å². The van der Waals surface area contributed by atoms with E-state index in [4.69, 9.17) is 60.2 Å². The number of aromatic nitrogens is 15. The summed E-state index contributed by atoms with van der Waals surface area (Å²) in [5.74, 6) is 4.79. The van der Waals surface area contributed by atoms with Crippen LogP contribution in [0.15, 0.2) is 347 Å². The lowest BCUT2D eigenvalue weighted by atomic mass is 9.84. The average molecular weight is 1760 g/mol. The van der Waals surface area contributed by atoms with E-state index in [1.807, 2.05) is 50.8 Å². The Kier molecular flexibility index (Phi) is 23.2. The molecule has 0 bridgehead atoms. The van der Waals surface area contributed by atoms with Crippen LogP contribution in [0.4, 0.5) is 0 Å². The quantitative estimate of drug-likeness (QED) is 0.0798. The van der Waals surface area contributed by atoms with Crippen LogP contribution in [0, 0.1) is 0 Å². The molecule has 0 atom stereocenters. The molecule has 13 aromatic carbocycles. The number of benzene rings is 13. The summed E-state index contributed by atoms with van der Waals surface area (Å²) < 4.78 is 5.67. The van der Waals surface area contributed by atoms with Crippen molar-refractivity contribution in [2.24, 2.45) is 0 Å². The van der Waals surface area contributed by atoms with Gasteiger partial charge in [0.2, 0.25) is 0 Å². The highest BCUT2D eigenvalue weighted by atomic mass is 15.3. The van der Waals surface area contributed by atoms with Crippen molar-refractivity contribution < 1.29 is 0 Å². The van der Waals surface area contributed by atoms with Gasteiger partial charge < -0.3 is 0 Å². The van der Waals surface area contributed by atoms with Gasteiger partial charge in [-0.2, -0.15) is 15.3 Å². The first-order valence-corrected chi connectivity index (χ1v) is 46.5. The number of nitrogens with zero attached hydrogens (tertiary/aromatic N) is 15. The molecule has 15 nitrogen and oxygen atoms in total. The highest BCUT2D eigenvalue weighted by Crippen LogP contribution is 2.49. The van der Waals surface area contributed by atoms with Crippen molar-refractivity contribution >= 4 is 0 Å². The molecule has 19 aromatic rings. The van der Waals surface area contributed by atoms with Crippen LogP contribution in [0.5, 0.6) is 0 Å². The normalized spacial score (nSPS) is 12.2. The second-order valence-electron chi connectivity index (χ2n) is 41.4. The predicted octanol–water partition coefficient (Wildman–Crippen LogP) is 29.6. The van der Waals surface area contributed by atoms with E-state index in [0.29, 0.717) is 52.4 Å². The third-order valence-electron chi connectivity index (χ3n) is 25.5. The lowest BCUT2D eigenvalue weighted by molar-refractivity contribution is 0.590. The fourth-order valence-electron chi connectivity index (χ4n) is 17.5. The van der Waals surface area contributed by atoms with Gasteiger partial charge in [0.15, 0.2) is 52.4 Å². The smallest absolute Gasteiger partial charge is 0.164 e. The summed E-state index contributed by atoms with van der Waals surface area (Å²) in [5, 5.41) is 14.5. The second kappa shape index (κ2) is 35.2. The third-order valence-corrected chi connectivity index (χ3v) is 25.5. The Morgan fingerprint density at radius 1 is 0.156 bits per heavy atom. The summed E-state index contributed by atoms with van der Waals surface area (Å²) in [4.78, 5) is 49.6. The Bertz CT molecular complexity index is 6600. The van der Waals surface area contributed by atoms with Crippen LogP contribution < -0.4 is 0 Å². The monoisotopic (exact) mass is 1760 g/mol.